The highest BCUT2D eigenvalue weighted by atomic mass is 19.4. The smallest absolute Gasteiger partial charge is 0.339 e. The second-order valence-electron chi connectivity index (χ2n) is 5.98. The number of aryl methyl sites for hydroxylation is 1. The first kappa shape index (κ1) is 17.0. The average Bonchev–Trinajstić information content (AvgIpc) is 2.97. The Kier molecular flexibility index (Phi) is 4.02. The maximum Gasteiger partial charge on any atom is 0.416 e. The van der Waals surface area contributed by atoms with Crippen LogP contribution >= 0.6 is 0 Å². The highest BCUT2D eigenvalue weighted by Gasteiger charge is 2.29. The number of hydrogen-bond donors (Lipinski definition) is 1. The summed E-state index contributed by atoms with van der Waals surface area (Å²) in [5, 5.41) is 7.44. The zero-order valence-corrected chi connectivity index (χ0v) is 14.2. The lowest BCUT2D eigenvalue weighted by Gasteiger charge is -2.09. The molecule has 0 bridgehead atoms. The van der Waals surface area contributed by atoms with Gasteiger partial charge in [0.05, 0.1) is 40.4 Å². The maximum absolute atomic E-state index is 12.7. The number of nitrogens with one attached hydrogen (secondary N) is 1. The molecular weight excluding hydrogens is 355 g/mol. The zero-order chi connectivity index (χ0) is 19.0. The highest BCUT2D eigenvalue weighted by Crippen LogP contribution is 2.31. The lowest BCUT2D eigenvalue weighted by Crippen LogP contribution is -2.04. The molecule has 0 aliphatic carbocycles. The maximum atomic E-state index is 12.7. The van der Waals surface area contributed by atoms with Gasteiger partial charge in [-0.15, -0.1) is 0 Å². The van der Waals surface area contributed by atoms with Gasteiger partial charge in [0.2, 0.25) is 0 Å². The van der Waals surface area contributed by atoms with Gasteiger partial charge in [0, 0.05) is 11.9 Å². The fourth-order valence-corrected chi connectivity index (χ4v) is 2.87. The van der Waals surface area contributed by atoms with Crippen molar-refractivity contribution in [2.75, 3.05) is 5.32 Å². The summed E-state index contributed by atoms with van der Waals surface area (Å²) in [4.78, 5) is 8.74. The summed E-state index contributed by atoms with van der Waals surface area (Å²) in [6.07, 6.45) is 0.639. The molecule has 0 unspecified atom stereocenters. The molecule has 3 aromatic heterocycles. The molecule has 0 saturated carbocycles. The Morgan fingerprint density at radius 1 is 1.00 bits per heavy atom. The third kappa shape index (κ3) is 3.33. The lowest BCUT2D eigenvalue weighted by atomic mass is 10.1. The van der Waals surface area contributed by atoms with Crippen LogP contribution in [0.2, 0.25) is 0 Å². The average molecular weight is 369 g/mol. The molecule has 0 amide bonds. The minimum Gasteiger partial charge on any atom is -0.339 e. The predicted molar refractivity (Wildman–Crippen MR) is 95.7 cm³/mol. The van der Waals surface area contributed by atoms with Gasteiger partial charge in [-0.1, -0.05) is 6.07 Å². The van der Waals surface area contributed by atoms with Crippen LogP contribution in [0.1, 0.15) is 11.3 Å². The molecule has 3 heterocycles. The van der Waals surface area contributed by atoms with Crippen LogP contribution in [0.4, 0.5) is 24.7 Å². The monoisotopic (exact) mass is 369 g/mol. The summed E-state index contributed by atoms with van der Waals surface area (Å²) >= 11 is 0. The molecule has 1 aromatic carbocycles. The SMILES string of the molecule is Cc1nn2ccccc2c1-c1cncc(Nc2ccc(C(F)(F)F)cc2)n1. The van der Waals surface area contributed by atoms with Gasteiger partial charge >= 0.3 is 6.18 Å². The van der Waals surface area contributed by atoms with Crippen molar-refractivity contribution in [1.82, 2.24) is 19.6 Å². The first-order valence-corrected chi connectivity index (χ1v) is 8.12. The topological polar surface area (TPSA) is 55.1 Å². The molecule has 5 nitrogen and oxygen atoms in total. The predicted octanol–water partition coefficient (Wildman–Crippen LogP) is 4.86. The molecule has 4 aromatic rings. The van der Waals surface area contributed by atoms with Crippen LogP contribution in [0.3, 0.4) is 0 Å². The van der Waals surface area contributed by atoms with E-state index in [2.05, 4.69) is 20.4 Å². The van der Waals surface area contributed by atoms with Crippen molar-refractivity contribution in [3.05, 3.63) is 72.3 Å². The Labute approximate surface area is 152 Å². The molecule has 1 N–H and O–H groups in total. The van der Waals surface area contributed by atoms with Crippen LogP contribution in [-0.2, 0) is 6.18 Å². The molecule has 0 radical (unpaired) electrons. The highest BCUT2D eigenvalue weighted by molar-refractivity contribution is 5.80. The number of aromatic nitrogens is 4. The second-order valence-corrected chi connectivity index (χ2v) is 5.98. The van der Waals surface area contributed by atoms with E-state index in [-0.39, 0.29) is 0 Å². The summed E-state index contributed by atoms with van der Waals surface area (Å²) in [6.45, 7) is 1.89. The first-order valence-electron chi connectivity index (χ1n) is 8.12. The van der Waals surface area contributed by atoms with E-state index in [0.717, 1.165) is 28.9 Å². The Bertz CT molecular complexity index is 1100. The van der Waals surface area contributed by atoms with Crippen LogP contribution in [-0.4, -0.2) is 19.6 Å². The number of anilines is 2. The molecule has 0 aliphatic rings. The molecule has 0 atom stereocenters. The summed E-state index contributed by atoms with van der Waals surface area (Å²) in [5.74, 6) is 0.432. The molecule has 0 aliphatic heterocycles. The van der Waals surface area contributed by atoms with Crippen molar-refractivity contribution in [3.8, 4) is 11.3 Å². The van der Waals surface area contributed by atoms with E-state index in [1.165, 1.54) is 18.3 Å². The number of pyridine rings is 1. The minimum atomic E-state index is -4.36. The van der Waals surface area contributed by atoms with Gasteiger partial charge in [-0.25, -0.2) is 9.50 Å². The molecule has 27 heavy (non-hydrogen) atoms. The van der Waals surface area contributed by atoms with Crippen molar-refractivity contribution in [3.63, 3.8) is 0 Å². The number of benzene rings is 1. The van der Waals surface area contributed by atoms with Gasteiger partial charge in [0.25, 0.3) is 0 Å². The molecule has 136 valence electrons. The Morgan fingerprint density at radius 3 is 2.52 bits per heavy atom. The fraction of sp³-hybridized carbons (Fsp3) is 0.105. The van der Waals surface area contributed by atoms with Gasteiger partial charge in [-0.2, -0.15) is 18.3 Å². The van der Waals surface area contributed by atoms with Crippen molar-refractivity contribution in [2.24, 2.45) is 0 Å². The van der Waals surface area contributed by atoms with E-state index in [0.29, 0.717) is 17.2 Å². The third-order valence-electron chi connectivity index (χ3n) is 4.09. The first-order chi connectivity index (χ1) is 12.9. The quantitative estimate of drug-likeness (QED) is 0.560. The lowest BCUT2D eigenvalue weighted by molar-refractivity contribution is -0.137. The van der Waals surface area contributed by atoms with Crippen molar-refractivity contribution in [1.29, 1.82) is 0 Å². The van der Waals surface area contributed by atoms with Crippen LogP contribution in [0, 0.1) is 6.92 Å². The number of rotatable bonds is 3. The van der Waals surface area contributed by atoms with Crippen LogP contribution in [0.25, 0.3) is 16.8 Å². The summed E-state index contributed by atoms with van der Waals surface area (Å²) in [5.41, 5.74) is 2.99. The number of fused-ring (bicyclic) bond motifs is 1. The zero-order valence-electron chi connectivity index (χ0n) is 14.2. The Balaban J connectivity index is 1.66. The molecule has 0 spiro atoms. The van der Waals surface area contributed by atoms with Gasteiger partial charge in [-0.05, 0) is 43.3 Å². The van der Waals surface area contributed by atoms with Gasteiger partial charge < -0.3 is 5.32 Å². The normalized spacial score (nSPS) is 11.7. The molecule has 0 fully saturated rings. The van der Waals surface area contributed by atoms with E-state index in [9.17, 15) is 13.2 Å². The van der Waals surface area contributed by atoms with Crippen LogP contribution < -0.4 is 5.32 Å². The second kappa shape index (κ2) is 6.39. The third-order valence-corrected chi connectivity index (χ3v) is 4.09. The van der Waals surface area contributed by atoms with Crippen LogP contribution in [0.15, 0.2) is 61.1 Å². The number of halogens is 3. The Morgan fingerprint density at radius 2 is 1.78 bits per heavy atom. The minimum absolute atomic E-state index is 0.432. The van der Waals surface area contributed by atoms with E-state index in [4.69, 9.17) is 0 Å². The van der Waals surface area contributed by atoms with Crippen molar-refractivity contribution >= 4 is 17.0 Å². The summed E-state index contributed by atoms with van der Waals surface area (Å²) < 4.78 is 39.8. The van der Waals surface area contributed by atoms with E-state index in [1.54, 1.807) is 10.7 Å². The fourth-order valence-electron chi connectivity index (χ4n) is 2.87. The van der Waals surface area contributed by atoms with Crippen molar-refractivity contribution < 1.29 is 13.2 Å². The molecular formula is C19H14F3N5. The largest absolute Gasteiger partial charge is 0.416 e. The molecule has 8 heteroatoms. The van der Waals surface area contributed by atoms with E-state index >= 15 is 0 Å². The van der Waals surface area contributed by atoms with Gasteiger partial charge in [0.15, 0.2) is 0 Å². The molecule has 0 saturated heterocycles. The van der Waals surface area contributed by atoms with Crippen LogP contribution in [0.5, 0.6) is 0 Å². The van der Waals surface area contributed by atoms with Gasteiger partial charge in [0.1, 0.15) is 5.82 Å². The Hall–Kier alpha value is -3.42. The number of alkyl halides is 3. The standard InChI is InChI=1S/C19H14F3N5/c1-12-18(16-4-2-3-9-27(16)26-12)15-10-23-11-17(25-15)24-14-7-5-13(6-8-14)19(20,21)22/h2-11H,1H3,(H,24,25). The van der Waals surface area contributed by atoms with E-state index < -0.39 is 11.7 Å². The summed E-state index contributed by atoms with van der Waals surface area (Å²) in [6, 6.07) is 10.5. The molecule has 4 rings (SSSR count). The number of nitrogens with zero attached hydrogens (tertiary/aromatic N) is 4. The number of hydrogen-bond acceptors (Lipinski definition) is 4. The van der Waals surface area contributed by atoms with E-state index in [1.807, 2.05) is 31.3 Å². The summed E-state index contributed by atoms with van der Waals surface area (Å²) in [7, 11) is 0. The van der Waals surface area contributed by atoms with Gasteiger partial charge in [-0.3, -0.25) is 4.98 Å². The van der Waals surface area contributed by atoms with Crippen molar-refractivity contribution in [2.45, 2.75) is 13.1 Å².